The summed E-state index contributed by atoms with van der Waals surface area (Å²) in [5.74, 6) is -1.94. The molecule has 176 valence electrons. The first-order chi connectivity index (χ1) is 16.2. The number of halogens is 6. The molecule has 0 aliphatic carbocycles. The van der Waals surface area contributed by atoms with E-state index in [4.69, 9.17) is 4.74 Å². The molecule has 0 unspecified atom stereocenters. The zero-order valence-corrected chi connectivity index (χ0v) is 18.1. The first-order valence-electron chi connectivity index (χ1n) is 10.7. The van der Waals surface area contributed by atoms with Crippen LogP contribution in [-0.2, 0) is 19.0 Å². The Bertz CT molecular complexity index is 1300. The van der Waals surface area contributed by atoms with Crippen molar-refractivity contribution in [2.24, 2.45) is 0 Å². The maximum absolute atomic E-state index is 15.1. The Kier molecular flexibility index (Phi) is 6.55. The summed E-state index contributed by atoms with van der Waals surface area (Å²) in [6.07, 6.45) is -3.75. The molecule has 0 aliphatic rings. The van der Waals surface area contributed by atoms with E-state index in [0.29, 0.717) is 28.3 Å². The molecule has 0 spiro atoms. The number of hydrogen-bond donors (Lipinski definition) is 0. The van der Waals surface area contributed by atoms with Gasteiger partial charge in [0.15, 0.2) is 0 Å². The molecule has 7 heteroatoms. The lowest BCUT2D eigenvalue weighted by molar-refractivity contribution is -0.137. The highest BCUT2D eigenvalue weighted by molar-refractivity contribution is 5.88. The van der Waals surface area contributed by atoms with Crippen LogP contribution in [0.3, 0.4) is 0 Å². The lowest BCUT2D eigenvalue weighted by Crippen LogP contribution is -2.04. The molecule has 34 heavy (non-hydrogen) atoms. The van der Waals surface area contributed by atoms with Crippen molar-refractivity contribution in [2.45, 2.75) is 25.9 Å². The van der Waals surface area contributed by atoms with Gasteiger partial charge in [-0.25, -0.2) is 13.2 Å². The standard InChI is InChI=1S/C27H20F6O/c1-2-34-21-14-23(28)25(24(29)15-21)19-9-12-22-18(13-19)8-7-17(26(22)30)6-3-16-4-10-20(11-5-16)27(31,32)33/h4-5,7-15H,2-3,6H2,1H3. The van der Waals surface area contributed by atoms with Crippen molar-refractivity contribution in [3.05, 3.63) is 101 Å². The van der Waals surface area contributed by atoms with Crippen molar-refractivity contribution in [3.8, 4) is 16.9 Å². The van der Waals surface area contributed by atoms with E-state index in [9.17, 15) is 22.0 Å². The van der Waals surface area contributed by atoms with E-state index in [-0.39, 0.29) is 29.9 Å². The van der Waals surface area contributed by atoms with Crippen LogP contribution in [0, 0.1) is 17.5 Å². The molecule has 0 saturated carbocycles. The van der Waals surface area contributed by atoms with Crippen molar-refractivity contribution in [1.29, 1.82) is 0 Å². The summed E-state index contributed by atoms with van der Waals surface area (Å²) < 4.78 is 87.5. The Morgan fingerprint density at radius 3 is 2.06 bits per heavy atom. The second kappa shape index (κ2) is 9.41. The van der Waals surface area contributed by atoms with E-state index in [1.165, 1.54) is 30.3 Å². The van der Waals surface area contributed by atoms with Crippen LogP contribution < -0.4 is 4.74 Å². The minimum absolute atomic E-state index is 0.0887. The van der Waals surface area contributed by atoms with Crippen molar-refractivity contribution < 1.29 is 31.1 Å². The Morgan fingerprint density at radius 1 is 0.765 bits per heavy atom. The van der Waals surface area contributed by atoms with Gasteiger partial charge in [-0.1, -0.05) is 36.4 Å². The predicted molar refractivity (Wildman–Crippen MR) is 119 cm³/mol. The molecule has 0 radical (unpaired) electrons. The highest BCUT2D eigenvalue weighted by Crippen LogP contribution is 2.33. The van der Waals surface area contributed by atoms with Gasteiger partial charge in [0.2, 0.25) is 0 Å². The number of rotatable bonds is 6. The van der Waals surface area contributed by atoms with Crippen molar-refractivity contribution >= 4 is 10.8 Å². The average Bonchev–Trinajstić information content (AvgIpc) is 2.78. The van der Waals surface area contributed by atoms with Gasteiger partial charge in [0.1, 0.15) is 23.2 Å². The highest BCUT2D eigenvalue weighted by Gasteiger charge is 2.29. The van der Waals surface area contributed by atoms with E-state index in [1.807, 2.05) is 0 Å². The fourth-order valence-corrected chi connectivity index (χ4v) is 3.90. The van der Waals surface area contributed by atoms with Crippen LogP contribution in [0.1, 0.15) is 23.6 Å². The average molecular weight is 474 g/mol. The molecule has 0 heterocycles. The minimum atomic E-state index is -4.40. The quantitative estimate of drug-likeness (QED) is 0.256. The summed E-state index contributed by atoms with van der Waals surface area (Å²) in [7, 11) is 0. The second-order valence-corrected chi connectivity index (χ2v) is 7.86. The third-order valence-corrected chi connectivity index (χ3v) is 5.61. The van der Waals surface area contributed by atoms with Gasteiger partial charge in [-0.3, -0.25) is 0 Å². The monoisotopic (exact) mass is 474 g/mol. The molecule has 0 N–H and O–H groups in total. The third kappa shape index (κ3) is 4.88. The molecule has 0 bridgehead atoms. The molecule has 4 aromatic carbocycles. The Labute approximate surface area is 192 Å². The van der Waals surface area contributed by atoms with Crippen molar-refractivity contribution in [3.63, 3.8) is 0 Å². The number of alkyl halides is 3. The lowest BCUT2D eigenvalue weighted by Gasteiger charge is -2.12. The van der Waals surface area contributed by atoms with Gasteiger partial charge in [0.25, 0.3) is 0 Å². The summed E-state index contributed by atoms with van der Waals surface area (Å²) in [5, 5.41) is 0.765. The molecule has 0 aliphatic heterocycles. The molecule has 0 amide bonds. The van der Waals surface area contributed by atoms with Crippen LogP contribution in [-0.4, -0.2) is 6.61 Å². The molecular weight excluding hydrogens is 454 g/mol. The van der Waals surface area contributed by atoms with E-state index in [2.05, 4.69) is 0 Å². The SMILES string of the molecule is CCOc1cc(F)c(-c2ccc3c(F)c(CCc4ccc(C(F)(F)F)cc4)ccc3c2)c(F)c1. The maximum atomic E-state index is 15.1. The van der Waals surface area contributed by atoms with Gasteiger partial charge in [0, 0.05) is 17.5 Å². The highest BCUT2D eigenvalue weighted by atomic mass is 19.4. The fraction of sp³-hybridized carbons (Fsp3) is 0.185. The van der Waals surface area contributed by atoms with Gasteiger partial charge in [0.05, 0.1) is 17.7 Å². The molecule has 4 aromatic rings. The first-order valence-corrected chi connectivity index (χ1v) is 10.7. The zero-order valence-electron chi connectivity index (χ0n) is 18.1. The van der Waals surface area contributed by atoms with Crippen LogP contribution in [0.4, 0.5) is 26.3 Å². The van der Waals surface area contributed by atoms with Gasteiger partial charge >= 0.3 is 6.18 Å². The van der Waals surface area contributed by atoms with Crippen molar-refractivity contribution in [2.75, 3.05) is 6.61 Å². The van der Waals surface area contributed by atoms with E-state index >= 15 is 4.39 Å². The van der Waals surface area contributed by atoms with Crippen molar-refractivity contribution in [1.82, 2.24) is 0 Å². The number of fused-ring (bicyclic) bond motifs is 1. The van der Waals surface area contributed by atoms with E-state index in [1.54, 1.807) is 19.1 Å². The van der Waals surface area contributed by atoms with Gasteiger partial charge in [-0.05, 0) is 60.0 Å². The largest absolute Gasteiger partial charge is 0.494 e. The Hall–Kier alpha value is -3.48. The van der Waals surface area contributed by atoms with Crippen LogP contribution in [0.5, 0.6) is 5.75 Å². The lowest BCUT2D eigenvalue weighted by atomic mass is 9.96. The first kappa shape index (κ1) is 23.7. The zero-order chi connectivity index (χ0) is 24.5. The summed E-state index contributed by atoms with van der Waals surface area (Å²) >= 11 is 0. The van der Waals surface area contributed by atoms with Crippen LogP contribution >= 0.6 is 0 Å². The van der Waals surface area contributed by atoms with Crippen LogP contribution in [0.15, 0.2) is 66.7 Å². The number of ether oxygens (including phenoxy) is 1. The summed E-state index contributed by atoms with van der Waals surface area (Å²) in [6, 6.07) is 14.7. The van der Waals surface area contributed by atoms with Gasteiger partial charge < -0.3 is 4.74 Å². The van der Waals surface area contributed by atoms with Gasteiger partial charge in [-0.2, -0.15) is 13.2 Å². The van der Waals surface area contributed by atoms with Crippen LogP contribution in [0.25, 0.3) is 21.9 Å². The van der Waals surface area contributed by atoms with E-state index < -0.39 is 29.2 Å². The second-order valence-electron chi connectivity index (χ2n) is 7.86. The molecule has 0 saturated heterocycles. The topological polar surface area (TPSA) is 9.23 Å². The Morgan fingerprint density at radius 2 is 1.44 bits per heavy atom. The van der Waals surface area contributed by atoms with E-state index in [0.717, 1.165) is 24.3 Å². The number of hydrogen-bond acceptors (Lipinski definition) is 1. The third-order valence-electron chi connectivity index (χ3n) is 5.61. The smallest absolute Gasteiger partial charge is 0.416 e. The molecule has 0 aromatic heterocycles. The maximum Gasteiger partial charge on any atom is 0.416 e. The predicted octanol–water partition coefficient (Wildman–Crippen LogP) is 8.13. The fourth-order valence-electron chi connectivity index (χ4n) is 3.90. The molecule has 0 atom stereocenters. The Balaban J connectivity index is 1.58. The normalized spacial score (nSPS) is 11.7. The summed E-state index contributed by atoms with van der Waals surface area (Å²) in [4.78, 5) is 0. The number of aryl methyl sites for hydroxylation is 2. The molecule has 0 fully saturated rings. The van der Waals surface area contributed by atoms with Crippen LogP contribution in [0.2, 0.25) is 0 Å². The molecule has 1 nitrogen and oxygen atoms in total. The minimum Gasteiger partial charge on any atom is -0.494 e. The summed E-state index contributed by atoms with van der Waals surface area (Å²) in [6.45, 7) is 1.98. The number of benzene rings is 4. The molecule has 4 rings (SSSR count). The molecular formula is C27H20F6O. The summed E-state index contributed by atoms with van der Waals surface area (Å²) in [5.41, 5.74) is 0.367. The van der Waals surface area contributed by atoms with Gasteiger partial charge in [-0.15, -0.1) is 0 Å².